The lowest BCUT2D eigenvalue weighted by Gasteiger charge is -2.06. The first-order valence-electron chi connectivity index (χ1n) is 4.97. The van der Waals surface area contributed by atoms with Gasteiger partial charge in [0.05, 0.1) is 0 Å². The van der Waals surface area contributed by atoms with Crippen LogP contribution in [0.3, 0.4) is 0 Å². The molecule has 1 aromatic carbocycles. The van der Waals surface area contributed by atoms with Crippen molar-refractivity contribution in [3.8, 4) is 5.75 Å². The highest BCUT2D eigenvalue weighted by atomic mass is 32.7. The van der Waals surface area contributed by atoms with Gasteiger partial charge < -0.3 is 9.08 Å². The molecule has 0 aliphatic carbocycles. The van der Waals surface area contributed by atoms with Crippen molar-refractivity contribution in [1.82, 2.24) is 0 Å². The lowest BCUT2D eigenvalue weighted by molar-refractivity contribution is -0.158. The van der Waals surface area contributed by atoms with Crippen LogP contribution in [0.25, 0.3) is 0 Å². The number of aryl methyl sites for hydroxylation is 1. The first kappa shape index (κ1) is 13.3. The fourth-order valence-electron chi connectivity index (χ4n) is 1.27. The highest BCUT2D eigenvalue weighted by molar-refractivity contribution is 8.37. The van der Waals surface area contributed by atoms with Gasteiger partial charge in [0.1, 0.15) is 5.75 Å². The highest BCUT2D eigenvalue weighted by Gasteiger charge is 2.18. The molecule has 0 N–H and O–H groups in total. The van der Waals surface area contributed by atoms with Crippen LogP contribution < -0.4 is 9.08 Å². The Morgan fingerprint density at radius 1 is 1.44 bits per heavy atom. The molecule has 0 spiro atoms. The summed E-state index contributed by atoms with van der Waals surface area (Å²) in [5.74, 6) is 0.383. The van der Waals surface area contributed by atoms with Crippen LogP contribution >= 0.6 is 7.23 Å². The van der Waals surface area contributed by atoms with Crippen LogP contribution in [-0.4, -0.2) is 4.21 Å². The summed E-state index contributed by atoms with van der Waals surface area (Å²) in [5.41, 5.74) is 0.884. The molecule has 2 atom stereocenters. The fourth-order valence-corrected chi connectivity index (χ4v) is 2.07. The summed E-state index contributed by atoms with van der Waals surface area (Å²) in [4.78, 5) is 10.4. The average Bonchev–Trinajstić information content (AvgIpc) is 2.27. The second-order valence-corrected chi connectivity index (χ2v) is 6.07. The summed E-state index contributed by atoms with van der Waals surface area (Å²) in [7, 11) is -5.35. The lowest BCUT2D eigenvalue weighted by Crippen LogP contribution is -2.03. The summed E-state index contributed by atoms with van der Waals surface area (Å²) in [5, 5.41) is 0. The van der Waals surface area contributed by atoms with Gasteiger partial charge in [-0.2, -0.15) is 4.21 Å². The van der Waals surface area contributed by atoms with Gasteiger partial charge in [-0.3, -0.25) is 0 Å². The molecule has 2 unspecified atom stereocenters. The molecule has 6 heteroatoms. The van der Waals surface area contributed by atoms with E-state index >= 15 is 0 Å². The highest BCUT2D eigenvalue weighted by Crippen LogP contribution is 2.25. The minimum atomic E-state index is -3.06. The van der Waals surface area contributed by atoms with Crippen molar-refractivity contribution in [2.24, 2.45) is 0 Å². The molecule has 0 saturated heterocycles. The normalized spacial score (nSPS) is 13.2. The third-order valence-electron chi connectivity index (χ3n) is 2.06. The van der Waals surface area contributed by atoms with E-state index in [9.17, 15) is 13.7 Å². The van der Waals surface area contributed by atoms with Crippen molar-refractivity contribution < 1.29 is 17.9 Å². The van der Waals surface area contributed by atoms with Crippen molar-refractivity contribution in [2.45, 2.75) is 26.2 Å². The molecule has 0 bridgehead atoms. The molecular weight excluding hydrogens is 247 g/mol. The number of hydrogen-bond donors (Lipinski definition) is 0. The maximum atomic E-state index is 11.0. The van der Waals surface area contributed by atoms with Crippen molar-refractivity contribution in [3.05, 3.63) is 29.8 Å². The van der Waals surface area contributed by atoms with Crippen LogP contribution in [0.4, 0.5) is 0 Å². The van der Waals surface area contributed by atoms with Gasteiger partial charge in [0.2, 0.25) is 0 Å². The molecule has 4 nitrogen and oxygen atoms in total. The third kappa shape index (κ3) is 4.00. The molecule has 16 heavy (non-hydrogen) atoms. The van der Waals surface area contributed by atoms with E-state index in [0.29, 0.717) is 5.75 Å². The molecule has 0 aromatic heterocycles. The van der Waals surface area contributed by atoms with E-state index in [1.165, 1.54) is 0 Å². The van der Waals surface area contributed by atoms with Crippen LogP contribution in [-0.2, 0) is 21.7 Å². The predicted molar refractivity (Wildman–Crippen MR) is 61.4 cm³/mol. The topological polar surface area (TPSA) is 66.4 Å². The Kier molecular flexibility index (Phi) is 5.60. The Hall–Kier alpha value is -0.770. The minimum Gasteiger partial charge on any atom is -0.580 e. The molecule has 88 valence electrons. The van der Waals surface area contributed by atoms with E-state index in [4.69, 9.17) is 4.18 Å². The maximum absolute atomic E-state index is 11.0. The van der Waals surface area contributed by atoms with Gasteiger partial charge in [0.15, 0.2) is 0 Å². The quantitative estimate of drug-likeness (QED) is 0.734. The van der Waals surface area contributed by atoms with E-state index in [0.717, 1.165) is 24.8 Å². The van der Waals surface area contributed by atoms with Crippen LogP contribution in [0.2, 0.25) is 0 Å². The Morgan fingerprint density at radius 3 is 2.75 bits per heavy atom. The molecule has 1 aromatic rings. The largest absolute Gasteiger partial charge is 0.580 e. The Morgan fingerprint density at radius 2 is 2.12 bits per heavy atom. The number of unbranched alkanes of at least 4 members (excludes halogenated alkanes) is 1. The lowest BCUT2D eigenvalue weighted by atomic mass is 10.1. The first-order valence-corrected chi connectivity index (χ1v) is 7.83. The fraction of sp³-hybridized carbons (Fsp3) is 0.400. The summed E-state index contributed by atoms with van der Waals surface area (Å²) in [6.45, 7) is 2.07. The summed E-state index contributed by atoms with van der Waals surface area (Å²) in [6.07, 6.45) is 2.81. The van der Waals surface area contributed by atoms with Gasteiger partial charge in [0.25, 0.3) is 0 Å². The van der Waals surface area contributed by atoms with Crippen molar-refractivity contribution in [2.75, 3.05) is 0 Å². The zero-order valence-corrected chi connectivity index (χ0v) is 10.6. The van der Waals surface area contributed by atoms with Gasteiger partial charge in [-0.15, -0.1) is 0 Å². The summed E-state index contributed by atoms with van der Waals surface area (Å²) >= 11 is 0. The van der Waals surface area contributed by atoms with E-state index in [2.05, 4.69) is 6.92 Å². The molecule has 0 fully saturated rings. The van der Waals surface area contributed by atoms with Gasteiger partial charge >= 0.3 is 17.9 Å². The molecule has 0 aliphatic rings. The second-order valence-electron chi connectivity index (χ2n) is 3.24. The molecule has 1 rings (SSSR count). The number of hydrogen-bond acceptors (Lipinski definition) is 4. The van der Waals surface area contributed by atoms with Crippen LogP contribution in [0.5, 0.6) is 5.75 Å². The monoisotopic (exact) mass is 260 g/mol. The second kappa shape index (κ2) is 6.74. The zero-order valence-electron chi connectivity index (χ0n) is 8.92. The minimum absolute atomic E-state index is 0.383. The Bertz CT molecular complexity index is 394. The smallest absolute Gasteiger partial charge is 0.459 e. The molecule has 0 heterocycles. The van der Waals surface area contributed by atoms with E-state index < -0.39 is 17.9 Å². The molecular formula is C10H13O4PS. The maximum Gasteiger partial charge on any atom is 0.459 e. The number of benzene rings is 1. The molecule has 0 aliphatic heterocycles. The van der Waals surface area contributed by atoms with E-state index in [-0.39, 0.29) is 0 Å². The first-order chi connectivity index (χ1) is 7.65. The number of para-hydroxylation sites is 1. The number of rotatable bonds is 6. The predicted octanol–water partition coefficient (Wildman–Crippen LogP) is 2.09. The van der Waals surface area contributed by atoms with Gasteiger partial charge in [-0.25, -0.2) is 0 Å². The SMILES string of the molecule is CCCCc1ccccc1OS(=O)[P+](=O)[O-]. The average molecular weight is 260 g/mol. The van der Waals surface area contributed by atoms with Crippen molar-refractivity contribution >= 4 is 17.9 Å². The van der Waals surface area contributed by atoms with Crippen LogP contribution in [0, 0.1) is 0 Å². The van der Waals surface area contributed by atoms with Crippen LogP contribution in [0.1, 0.15) is 25.3 Å². The van der Waals surface area contributed by atoms with Crippen molar-refractivity contribution in [1.29, 1.82) is 0 Å². The van der Waals surface area contributed by atoms with E-state index in [1.54, 1.807) is 12.1 Å². The van der Waals surface area contributed by atoms with E-state index in [1.807, 2.05) is 12.1 Å². The molecule has 0 amide bonds. The van der Waals surface area contributed by atoms with Gasteiger partial charge in [0, 0.05) is 0 Å². The Balaban J connectivity index is 2.78. The van der Waals surface area contributed by atoms with Gasteiger partial charge in [-0.05, 0) is 24.5 Å². The summed E-state index contributed by atoms with van der Waals surface area (Å²) in [6, 6.07) is 7.04. The standard InChI is InChI=1S/C10H13O4PS/c1-2-3-6-9-7-4-5-8-10(9)14-16(13)15(11)12/h4-5,7-8H,2-3,6H2,1H3. The van der Waals surface area contributed by atoms with Crippen LogP contribution in [0.15, 0.2) is 24.3 Å². The Labute approximate surface area is 97.9 Å². The van der Waals surface area contributed by atoms with Crippen molar-refractivity contribution in [3.63, 3.8) is 0 Å². The third-order valence-corrected chi connectivity index (χ3v) is 3.57. The molecule has 0 radical (unpaired) electrons. The summed E-state index contributed by atoms with van der Waals surface area (Å²) < 4.78 is 26.4. The van der Waals surface area contributed by atoms with Gasteiger partial charge in [-0.1, -0.05) is 36.1 Å². The zero-order chi connectivity index (χ0) is 12.0. The molecule has 0 saturated carbocycles.